The van der Waals surface area contributed by atoms with Crippen molar-refractivity contribution in [3.05, 3.63) is 0 Å². The number of ether oxygens (including phenoxy) is 4. The Hall–Kier alpha value is -1.93. The van der Waals surface area contributed by atoms with E-state index in [2.05, 4.69) is 4.74 Å². The second kappa shape index (κ2) is 9.14. The van der Waals surface area contributed by atoms with Crippen LogP contribution in [-0.2, 0) is 28.5 Å². The number of halogens is 2. The monoisotopic (exact) mass is 382 g/mol. The topological polar surface area (TPSA) is 88.1 Å². The van der Waals surface area contributed by atoms with E-state index in [9.17, 15) is 23.2 Å². The molecule has 0 aliphatic rings. The van der Waals surface area contributed by atoms with Gasteiger partial charge in [-0.1, -0.05) is 0 Å². The van der Waals surface area contributed by atoms with Gasteiger partial charge in [0, 0.05) is 12.3 Å². The molecule has 26 heavy (non-hydrogen) atoms. The van der Waals surface area contributed by atoms with Crippen LogP contribution in [0.1, 0.15) is 54.4 Å². The lowest BCUT2D eigenvalue weighted by Crippen LogP contribution is -2.36. The lowest BCUT2D eigenvalue weighted by Gasteiger charge is -2.25. The number of rotatable bonds is 7. The van der Waals surface area contributed by atoms with Gasteiger partial charge in [-0.25, -0.2) is 9.59 Å². The van der Waals surface area contributed by atoms with Crippen LogP contribution in [0.3, 0.4) is 0 Å². The summed E-state index contributed by atoms with van der Waals surface area (Å²) < 4.78 is 46.6. The Morgan fingerprint density at radius 3 is 1.85 bits per heavy atom. The molecule has 0 saturated carbocycles. The van der Waals surface area contributed by atoms with Crippen LogP contribution >= 0.6 is 0 Å². The highest BCUT2D eigenvalue weighted by atomic mass is 19.3. The number of hydrogen-bond donors (Lipinski definition) is 0. The Morgan fingerprint density at radius 1 is 0.923 bits per heavy atom. The molecule has 0 aliphatic heterocycles. The maximum Gasteiger partial charge on any atom is 0.508 e. The maximum absolute atomic E-state index is 13.9. The second-order valence-electron chi connectivity index (χ2n) is 7.83. The second-order valence-corrected chi connectivity index (χ2v) is 7.83. The number of alkyl halides is 2. The van der Waals surface area contributed by atoms with Gasteiger partial charge in [0.2, 0.25) is 0 Å². The Labute approximate surface area is 152 Å². The van der Waals surface area contributed by atoms with Crippen molar-refractivity contribution in [2.75, 3.05) is 13.7 Å². The molecule has 0 bridgehead atoms. The van der Waals surface area contributed by atoms with Crippen molar-refractivity contribution in [2.24, 2.45) is 5.92 Å². The molecule has 152 valence electrons. The fourth-order valence-electron chi connectivity index (χ4n) is 1.87. The number of esters is 2. The minimum absolute atomic E-state index is 0.466. The van der Waals surface area contributed by atoms with E-state index in [0.29, 0.717) is 0 Å². The molecule has 0 fully saturated rings. The van der Waals surface area contributed by atoms with Gasteiger partial charge in [-0.05, 0) is 41.5 Å². The number of carbonyl (C=O) groups is 3. The van der Waals surface area contributed by atoms with Gasteiger partial charge in [0.25, 0.3) is 0 Å². The van der Waals surface area contributed by atoms with Crippen LogP contribution in [0.4, 0.5) is 13.6 Å². The van der Waals surface area contributed by atoms with Gasteiger partial charge >= 0.3 is 24.0 Å². The molecule has 1 atom stereocenters. The van der Waals surface area contributed by atoms with Crippen molar-refractivity contribution in [2.45, 2.75) is 71.5 Å². The number of carbonyl (C=O) groups excluding carboxylic acids is 3. The summed E-state index contributed by atoms with van der Waals surface area (Å²) >= 11 is 0. The highest BCUT2D eigenvalue weighted by molar-refractivity contribution is 5.77. The molecule has 0 aliphatic carbocycles. The number of methoxy groups -OCH3 is 1. The van der Waals surface area contributed by atoms with E-state index in [1.54, 1.807) is 41.5 Å². The quantitative estimate of drug-likeness (QED) is 0.492. The van der Waals surface area contributed by atoms with Gasteiger partial charge in [-0.15, -0.1) is 0 Å². The van der Waals surface area contributed by atoms with Gasteiger partial charge in [0.1, 0.15) is 11.2 Å². The minimum atomic E-state index is -3.83. The Balaban J connectivity index is 5.02. The Bertz CT molecular complexity index is 504. The van der Waals surface area contributed by atoms with Gasteiger partial charge < -0.3 is 18.9 Å². The van der Waals surface area contributed by atoms with Crippen LogP contribution in [0.25, 0.3) is 0 Å². The third kappa shape index (κ3) is 10.8. The molecule has 7 nitrogen and oxygen atoms in total. The van der Waals surface area contributed by atoms with Crippen LogP contribution in [-0.4, -0.2) is 48.9 Å². The van der Waals surface area contributed by atoms with Crippen molar-refractivity contribution in [3.8, 4) is 0 Å². The van der Waals surface area contributed by atoms with Crippen LogP contribution < -0.4 is 0 Å². The van der Waals surface area contributed by atoms with Gasteiger partial charge in [-0.3, -0.25) is 4.79 Å². The molecule has 0 spiro atoms. The Morgan fingerprint density at radius 2 is 1.42 bits per heavy atom. The Kier molecular flexibility index (Phi) is 8.46. The largest absolute Gasteiger partial charge is 0.508 e. The normalized spacial score (nSPS) is 13.6. The van der Waals surface area contributed by atoms with E-state index in [1.807, 2.05) is 0 Å². The molecule has 0 aromatic heterocycles. The van der Waals surface area contributed by atoms with Crippen LogP contribution in [0.5, 0.6) is 0 Å². The fourth-order valence-corrected chi connectivity index (χ4v) is 1.87. The van der Waals surface area contributed by atoms with Crippen molar-refractivity contribution in [3.63, 3.8) is 0 Å². The predicted octanol–water partition coefficient (Wildman–Crippen LogP) is 3.48. The molecule has 0 aromatic carbocycles. The highest BCUT2D eigenvalue weighted by Crippen LogP contribution is 2.28. The summed E-state index contributed by atoms with van der Waals surface area (Å²) in [5.41, 5.74) is -1.63. The molecule has 0 unspecified atom stereocenters. The molecule has 0 rings (SSSR count). The van der Waals surface area contributed by atoms with Crippen molar-refractivity contribution < 1.29 is 42.1 Å². The van der Waals surface area contributed by atoms with Crippen LogP contribution in [0.15, 0.2) is 0 Å². The molecule has 0 saturated heterocycles. The lowest BCUT2D eigenvalue weighted by molar-refractivity contribution is -0.173. The summed E-state index contributed by atoms with van der Waals surface area (Å²) in [6.07, 6.45) is -2.57. The zero-order valence-corrected chi connectivity index (χ0v) is 16.3. The van der Waals surface area contributed by atoms with Gasteiger partial charge in [-0.2, -0.15) is 8.78 Å². The standard InChI is InChI=1S/C17H28F2O7/c1-15(2,3)25-12(20)8-11(9-17(18,19)13(21)23-7)10-24-14(22)26-16(4,5)6/h11H,8-10H2,1-7H3/t11-/m0/s1. The lowest BCUT2D eigenvalue weighted by atomic mass is 9.98. The first kappa shape index (κ1) is 24.1. The smallest absolute Gasteiger partial charge is 0.465 e. The van der Waals surface area contributed by atoms with Crippen LogP contribution in [0.2, 0.25) is 0 Å². The summed E-state index contributed by atoms with van der Waals surface area (Å²) in [6, 6.07) is 0. The maximum atomic E-state index is 13.9. The van der Waals surface area contributed by atoms with Gasteiger partial charge in [0.05, 0.1) is 20.1 Å². The van der Waals surface area contributed by atoms with E-state index in [1.165, 1.54) is 0 Å². The number of hydrogen-bond acceptors (Lipinski definition) is 7. The van der Waals surface area contributed by atoms with Crippen molar-refractivity contribution in [1.82, 2.24) is 0 Å². The van der Waals surface area contributed by atoms with E-state index in [0.717, 1.165) is 7.11 Å². The zero-order chi connectivity index (χ0) is 20.8. The molecular formula is C17H28F2O7. The van der Waals surface area contributed by atoms with Crippen molar-refractivity contribution in [1.29, 1.82) is 0 Å². The third-order valence-electron chi connectivity index (χ3n) is 2.73. The first-order valence-corrected chi connectivity index (χ1v) is 8.09. The van der Waals surface area contributed by atoms with Crippen LogP contribution in [0, 0.1) is 5.92 Å². The molecule has 0 heterocycles. The van der Waals surface area contributed by atoms with E-state index in [4.69, 9.17) is 14.2 Å². The zero-order valence-electron chi connectivity index (χ0n) is 16.3. The SMILES string of the molecule is COC(=O)C(F)(F)C[C@@H](COC(=O)OC(C)(C)C)CC(=O)OC(C)(C)C. The molecule has 0 N–H and O–H groups in total. The van der Waals surface area contributed by atoms with Crippen molar-refractivity contribution >= 4 is 18.1 Å². The highest BCUT2D eigenvalue weighted by Gasteiger charge is 2.43. The predicted molar refractivity (Wildman–Crippen MR) is 87.7 cm³/mol. The summed E-state index contributed by atoms with van der Waals surface area (Å²) in [5, 5.41) is 0. The van der Waals surface area contributed by atoms with E-state index in [-0.39, 0.29) is 0 Å². The third-order valence-corrected chi connectivity index (χ3v) is 2.73. The minimum Gasteiger partial charge on any atom is -0.465 e. The van der Waals surface area contributed by atoms with Gasteiger partial charge in [0.15, 0.2) is 0 Å². The summed E-state index contributed by atoms with van der Waals surface area (Å²) in [4.78, 5) is 34.7. The summed E-state index contributed by atoms with van der Waals surface area (Å²) in [5.74, 6) is -7.48. The van der Waals surface area contributed by atoms with E-state index < -0.39 is 60.6 Å². The first-order chi connectivity index (χ1) is 11.6. The average molecular weight is 382 g/mol. The molecule has 0 aromatic rings. The molecule has 9 heteroatoms. The fraction of sp³-hybridized carbons (Fsp3) is 0.824. The molecule has 0 amide bonds. The summed E-state index contributed by atoms with van der Waals surface area (Å²) in [6.45, 7) is 9.16. The molecule has 0 radical (unpaired) electrons. The van der Waals surface area contributed by atoms with E-state index >= 15 is 0 Å². The first-order valence-electron chi connectivity index (χ1n) is 8.09. The molecular weight excluding hydrogens is 354 g/mol. The summed E-state index contributed by atoms with van der Waals surface area (Å²) in [7, 11) is 0.830. The average Bonchev–Trinajstić information content (AvgIpc) is 2.39.